The first-order valence-electron chi connectivity index (χ1n) is 3.10. The van der Waals surface area contributed by atoms with Gasteiger partial charge in [-0.1, -0.05) is 13.0 Å². The molecule has 0 saturated carbocycles. The third-order valence-electron chi connectivity index (χ3n) is 1.53. The molecule has 0 fully saturated rings. The smallest absolute Gasteiger partial charge is 0.127 e. The fourth-order valence-electron chi connectivity index (χ4n) is 0.822. The van der Waals surface area contributed by atoms with Crippen molar-refractivity contribution in [2.24, 2.45) is 11.7 Å². The Balaban J connectivity index is 2.83. The van der Waals surface area contributed by atoms with Crippen molar-refractivity contribution in [1.82, 2.24) is 0 Å². The van der Waals surface area contributed by atoms with E-state index in [0.29, 0.717) is 5.70 Å². The second-order valence-corrected chi connectivity index (χ2v) is 3.60. The van der Waals surface area contributed by atoms with Crippen LogP contribution in [0.1, 0.15) is 6.92 Å². The standard InChI is InChI=1S/C7H9FIN/c1-4-2-6(9)7(10)3-5(4)8/h2-5H,10H2,1H3. The van der Waals surface area contributed by atoms with E-state index in [0.717, 1.165) is 3.58 Å². The molecule has 0 amide bonds. The van der Waals surface area contributed by atoms with Crippen LogP contribution in [0.3, 0.4) is 0 Å². The van der Waals surface area contributed by atoms with Crippen molar-refractivity contribution in [3.8, 4) is 0 Å². The lowest BCUT2D eigenvalue weighted by Crippen LogP contribution is -2.15. The number of rotatable bonds is 0. The molecule has 1 aliphatic rings. The molecule has 0 radical (unpaired) electrons. The highest BCUT2D eigenvalue weighted by molar-refractivity contribution is 14.1. The van der Waals surface area contributed by atoms with Crippen LogP contribution in [0.2, 0.25) is 0 Å². The molecule has 0 spiro atoms. The normalized spacial score (nSPS) is 33.1. The Morgan fingerprint density at radius 1 is 1.60 bits per heavy atom. The maximum Gasteiger partial charge on any atom is 0.127 e. The summed E-state index contributed by atoms with van der Waals surface area (Å²) in [5.74, 6) is -0.0285. The minimum absolute atomic E-state index is 0.0285. The fraction of sp³-hybridized carbons (Fsp3) is 0.429. The third kappa shape index (κ3) is 1.51. The summed E-state index contributed by atoms with van der Waals surface area (Å²) < 4.78 is 13.8. The molecule has 0 heterocycles. The predicted octanol–water partition coefficient (Wildman–Crippen LogP) is 2.14. The predicted molar refractivity (Wildman–Crippen MR) is 48.4 cm³/mol. The molecular formula is C7H9FIN. The molecule has 0 bridgehead atoms. The second kappa shape index (κ2) is 2.90. The van der Waals surface area contributed by atoms with E-state index in [1.807, 2.05) is 13.0 Å². The van der Waals surface area contributed by atoms with Crippen LogP contribution >= 0.6 is 22.6 Å². The molecule has 2 unspecified atom stereocenters. The molecule has 2 N–H and O–H groups in total. The Kier molecular flexibility index (Phi) is 2.33. The molecule has 1 nitrogen and oxygen atoms in total. The number of halogens is 2. The van der Waals surface area contributed by atoms with Crippen molar-refractivity contribution in [2.75, 3.05) is 0 Å². The first-order chi connectivity index (χ1) is 4.61. The molecule has 1 aliphatic carbocycles. The van der Waals surface area contributed by atoms with Crippen LogP contribution in [0.5, 0.6) is 0 Å². The van der Waals surface area contributed by atoms with Crippen LogP contribution in [0, 0.1) is 5.92 Å². The molecule has 2 atom stereocenters. The van der Waals surface area contributed by atoms with Crippen molar-refractivity contribution >= 4 is 22.6 Å². The van der Waals surface area contributed by atoms with E-state index in [-0.39, 0.29) is 5.92 Å². The number of allylic oxidation sites excluding steroid dienone is 3. The van der Waals surface area contributed by atoms with E-state index in [9.17, 15) is 4.39 Å². The Morgan fingerprint density at radius 2 is 2.20 bits per heavy atom. The minimum Gasteiger partial charge on any atom is -0.398 e. The van der Waals surface area contributed by atoms with Gasteiger partial charge >= 0.3 is 0 Å². The maximum absolute atomic E-state index is 12.8. The quantitative estimate of drug-likeness (QED) is 0.657. The van der Waals surface area contributed by atoms with E-state index >= 15 is 0 Å². The van der Waals surface area contributed by atoms with Gasteiger partial charge in [0.25, 0.3) is 0 Å². The lowest BCUT2D eigenvalue weighted by Gasteiger charge is -2.16. The van der Waals surface area contributed by atoms with E-state index in [1.165, 1.54) is 6.08 Å². The van der Waals surface area contributed by atoms with Gasteiger partial charge in [-0.25, -0.2) is 4.39 Å². The zero-order chi connectivity index (χ0) is 7.72. The van der Waals surface area contributed by atoms with Crippen LogP contribution in [0.15, 0.2) is 21.4 Å². The first kappa shape index (κ1) is 8.04. The third-order valence-corrected chi connectivity index (χ3v) is 2.51. The number of nitrogens with two attached hydrogens (primary N) is 1. The molecule has 10 heavy (non-hydrogen) atoms. The average Bonchev–Trinajstić information content (AvgIpc) is 1.84. The fourth-order valence-corrected chi connectivity index (χ4v) is 1.57. The molecule has 0 aromatic carbocycles. The monoisotopic (exact) mass is 253 g/mol. The maximum atomic E-state index is 12.8. The molecule has 0 saturated heterocycles. The Labute approximate surface area is 73.3 Å². The van der Waals surface area contributed by atoms with Crippen molar-refractivity contribution in [3.05, 3.63) is 21.4 Å². The largest absolute Gasteiger partial charge is 0.398 e. The van der Waals surface area contributed by atoms with Crippen molar-refractivity contribution in [2.45, 2.75) is 13.1 Å². The number of hydrogen-bond donors (Lipinski definition) is 1. The van der Waals surface area contributed by atoms with Gasteiger partial charge in [0.2, 0.25) is 0 Å². The van der Waals surface area contributed by atoms with E-state index in [4.69, 9.17) is 5.73 Å². The van der Waals surface area contributed by atoms with E-state index < -0.39 is 6.17 Å². The van der Waals surface area contributed by atoms with Crippen LogP contribution < -0.4 is 5.73 Å². The van der Waals surface area contributed by atoms with Crippen LogP contribution in [-0.2, 0) is 0 Å². The highest BCUT2D eigenvalue weighted by atomic mass is 127. The van der Waals surface area contributed by atoms with E-state index in [2.05, 4.69) is 22.6 Å². The number of alkyl halides is 1. The van der Waals surface area contributed by atoms with Gasteiger partial charge in [0, 0.05) is 15.2 Å². The lowest BCUT2D eigenvalue weighted by atomic mass is 10.00. The summed E-state index contributed by atoms with van der Waals surface area (Å²) in [6.45, 7) is 1.84. The molecule has 1 rings (SSSR count). The van der Waals surface area contributed by atoms with Gasteiger partial charge in [-0.15, -0.1) is 0 Å². The Morgan fingerprint density at radius 3 is 2.70 bits per heavy atom. The molecule has 56 valence electrons. The first-order valence-corrected chi connectivity index (χ1v) is 4.18. The molecule has 3 heteroatoms. The van der Waals surface area contributed by atoms with Crippen molar-refractivity contribution in [1.29, 1.82) is 0 Å². The second-order valence-electron chi connectivity index (χ2n) is 2.44. The average molecular weight is 253 g/mol. The van der Waals surface area contributed by atoms with Crippen molar-refractivity contribution < 1.29 is 4.39 Å². The summed E-state index contributed by atoms with van der Waals surface area (Å²) in [4.78, 5) is 0. The van der Waals surface area contributed by atoms with Gasteiger partial charge in [-0.3, -0.25) is 0 Å². The summed E-state index contributed by atoms with van der Waals surface area (Å²) in [5.41, 5.74) is 6.04. The summed E-state index contributed by atoms with van der Waals surface area (Å²) in [5, 5.41) is 0. The zero-order valence-electron chi connectivity index (χ0n) is 5.64. The Hall–Kier alpha value is -0.0600. The van der Waals surface area contributed by atoms with Gasteiger partial charge in [0.1, 0.15) is 6.17 Å². The van der Waals surface area contributed by atoms with Gasteiger partial charge in [-0.2, -0.15) is 0 Å². The molecular weight excluding hydrogens is 244 g/mol. The van der Waals surface area contributed by atoms with Crippen LogP contribution in [0.4, 0.5) is 4.39 Å². The molecule has 0 aromatic heterocycles. The summed E-state index contributed by atoms with van der Waals surface area (Å²) in [7, 11) is 0. The van der Waals surface area contributed by atoms with Gasteiger partial charge < -0.3 is 5.73 Å². The Bertz CT molecular complexity index is 176. The van der Waals surface area contributed by atoms with Crippen molar-refractivity contribution in [3.63, 3.8) is 0 Å². The lowest BCUT2D eigenvalue weighted by molar-refractivity contribution is 0.332. The van der Waals surface area contributed by atoms with Crippen LogP contribution in [-0.4, -0.2) is 6.17 Å². The van der Waals surface area contributed by atoms with Gasteiger partial charge in [-0.05, 0) is 28.7 Å². The minimum atomic E-state index is -0.904. The highest BCUT2D eigenvalue weighted by Gasteiger charge is 2.17. The summed E-state index contributed by atoms with van der Waals surface area (Å²) >= 11 is 2.11. The molecule has 0 aliphatic heterocycles. The van der Waals surface area contributed by atoms with Gasteiger partial charge in [0.05, 0.1) is 0 Å². The molecule has 0 aromatic rings. The van der Waals surface area contributed by atoms with Crippen LogP contribution in [0.25, 0.3) is 0 Å². The summed E-state index contributed by atoms with van der Waals surface area (Å²) in [6, 6.07) is 0. The summed E-state index contributed by atoms with van der Waals surface area (Å²) in [6.07, 6.45) is 2.41. The van der Waals surface area contributed by atoms with E-state index in [1.54, 1.807) is 0 Å². The zero-order valence-corrected chi connectivity index (χ0v) is 7.80. The SMILES string of the molecule is CC1C=C(I)C(N)=CC1F. The topological polar surface area (TPSA) is 26.0 Å². The van der Waals surface area contributed by atoms with Gasteiger partial charge in [0.15, 0.2) is 0 Å². The number of hydrogen-bond acceptors (Lipinski definition) is 1. The highest BCUT2D eigenvalue weighted by Crippen LogP contribution is 2.26.